The summed E-state index contributed by atoms with van der Waals surface area (Å²) in [6, 6.07) is 0. The second-order valence-corrected chi connectivity index (χ2v) is 5.95. The number of aromatic nitrogens is 1. The molecule has 0 radical (unpaired) electrons. The van der Waals surface area contributed by atoms with Crippen LogP contribution in [0.3, 0.4) is 0 Å². The first-order valence-electron chi connectivity index (χ1n) is 5.86. The first kappa shape index (κ1) is 13.0. The number of carboxylic acid groups (broad SMARTS) is 1. The predicted molar refractivity (Wildman–Crippen MR) is 67.8 cm³/mol. The third kappa shape index (κ3) is 2.25. The van der Waals surface area contributed by atoms with Gasteiger partial charge in [-0.1, -0.05) is 6.92 Å². The summed E-state index contributed by atoms with van der Waals surface area (Å²) in [5, 5.41) is 9.78. The van der Waals surface area contributed by atoms with E-state index >= 15 is 0 Å². The van der Waals surface area contributed by atoms with Gasteiger partial charge in [0.05, 0.1) is 16.6 Å². The minimum absolute atomic E-state index is 0.0214. The summed E-state index contributed by atoms with van der Waals surface area (Å²) in [5.74, 6) is -1.14. The van der Waals surface area contributed by atoms with Crippen LogP contribution in [0.15, 0.2) is 0 Å². The lowest BCUT2D eigenvalue weighted by Gasteiger charge is -2.41. The van der Waals surface area contributed by atoms with Gasteiger partial charge in [0, 0.05) is 19.0 Å². The Morgan fingerprint density at radius 2 is 2.06 bits per heavy atom. The van der Waals surface area contributed by atoms with E-state index in [0.717, 1.165) is 10.7 Å². The summed E-state index contributed by atoms with van der Waals surface area (Å²) in [5.41, 5.74) is 0.761. The number of hydrogen-bond donors (Lipinski definition) is 1. The number of aryl methyl sites for hydroxylation is 2. The van der Waals surface area contributed by atoms with Crippen LogP contribution in [-0.4, -0.2) is 40.0 Å². The highest BCUT2D eigenvalue weighted by Gasteiger charge is 2.38. The smallest absolute Gasteiger partial charge is 0.306 e. The van der Waals surface area contributed by atoms with E-state index in [4.69, 9.17) is 5.11 Å². The van der Waals surface area contributed by atoms with Crippen LogP contribution in [-0.2, 0) is 4.79 Å². The van der Waals surface area contributed by atoms with Crippen LogP contribution >= 0.6 is 11.3 Å². The normalized spacial score (nSPS) is 17.4. The molecule has 1 aliphatic heterocycles. The topological polar surface area (TPSA) is 70.5 Å². The molecule has 1 aromatic heterocycles. The first-order chi connectivity index (χ1) is 8.40. The van der Waals surface area contributed by atoms with Crippen molar-refractivity contribution in [3.05, 3.63) is 15.6 Å². The van der Waals surface area contributed by atoms with Crippen LogP contribution in [0.2, 0.25) is 0 Å². The summed E-state index contributed by atoms with van der Waals surface area (Å²) in [6.45, 7) is 6.45. The molecule has 0 bridgehead atoms. The Bertz CT molecular complexity index is 492. The lowest BCUT2D eigenvalue weighted by Crippen LogP contribution is -2.53. The molecule has 0 aromatic carbocycles. The van der Waals surface area contributed by atoms with Crippen molar-refractivity contribution in [3.63, 3.8) is 0 Å². The number of rotatable bonds is 3. The van der Waals surface area contributed by atoms with Gasteiger partial charge in [-0.3, -0.25) is 9.59 Å². The number of nitrogens with zero attached hydrogens (tertiary/aromatic N) is 2. The molecule has 1 saturated heterocycles. The van der Waals surface area contributed by atoms with Crippen LogP contribution in [0.25, 0.3) is 0 Å². The Labute approximate surface area is 109 Å². The molecule has 1 aromatic rings. The van der Waals surface area contributed by atoms with Gasteiger partial charge >= 0.3 is 5.97 Å². The monoisotopic (exact) mass is 268 g/mol. The SMILES string of the molecule is Cc1nc(C)c(C(=O)N2CC(C(C)C(=O)O)C2)s1. The summed E-state index contributed by atoms with van der Waals surface area (Å²) in [4.78, 5) is 29.6. The van der Waals surface area contributed by atoms with Crippen LogP contribution in [0.5, 0.6) is 0 Å². The molecule has 1 fully saturated rings. The fourth-order valence-electron chi connectivity index (χ4n) is 2.07. The highest BCUT2D eigenvalue weighted by molar-refractivity contribution is 7.13. The van der Waals surface area contributed by atoms with Crippen molar-refractivity contribution >= 4 is 23.2 Å². The van der Waals surface area contributed by atoms with E-state index in [1.807, 2.05) is 13.8 Å². The Kier molecular flexibility index (Phi) is 3.38. The summed E-state index contributed by atoms with van der Waals surface area (Å²) in [6.07, 6.45) is 0. The molecule has 1 atom stereocenters. The molecule has 98 valence electrons. The lowest BCUT2D eigenvalue weighted by molar-refractivity contribution is -0.144. The van der Waals surface area contributed by atoms with Crippen molar-refractivity contribution < 1.29 is 14.7 Å². The Balaban J connectivity index is 1.98. The second-order valence-electron chi connectivity index (χ2n) is 4.74. The fraction of sp³-hybridized carbons (Fsp3) is 0.583. The largest absolute Gasteiger partial charge is 0.481 e. The molecular formula is C12H16N2O3S. The molecule has 0 aliphatic carbocycles. The van der Waals surface area contributed by atoms with Crippen molar-refractivity contribution in [1.29, 1.82) is 0 Å². The van der Waals surface area contributed by atoms with Gasteiger partial charge in [0.15, 0.2) is 0 Å². The average molecular weight is 268 g/mol. The number of hydrogen-bond acceptors (Lipinski definition) is 4. The Hall–Kier alpha value is -1.43. The molecule has 2 heterocycles. The zero-order chi connectivity index (χ0) is 13.4. The van der Waals surface area contributed by atoms with Crippen molar-refractivity contribution in [2.24, 2.45) is 11.8 Å². The number of amides is 1. The minimum atomic E-state index is -0.795. The quantitative estimate of drug-likeness (QED) is 0.903. The van der Waals surface area contributed by atoms with Gasteiger partial charge in [0.1, 0.15) is 4.88 Å². The predicted octanol–water partition coefficient (Wildman–Crippen LogP) is 1.55. The van der Waals surface area contributed by atoms with E-state index in [2.05, 4.69) is 4.98 Å². The van der Waals surface area contributed by atoms with Gasteiger partial charge in [0.25, 0.3) is 5.91 Å². The average Bonchev–Trinajstić information content (AvgIpc) is 2.55. The van der Waals surface area contributed by atoms with Gasteiger partial charge < -0.3 is 10.0 Å². The van der Waals surface area contributed by atoms with Gasteiger partial charge in [0.2, 0.25) is 0 Å². The molecule has 2 rings (SSSR count). The standard InChI is InChI=1S/C12H16N2O3S/c1-6(12(16)17)9-4-14(5-9)11(15)10-7(2)13-8(3)18-10/h6,9H,4-5H2,1-3H3,(H,16,17). The Morgan fingerprint density at radius 3 is 2.50 bits per heavy atom. The van der Waals surface area contributed by atoms with E-state index < -0.39 is 11.9 Å². The van der Waals surface area contributed by atoms with Gasteiger partial charge in [-0.15, -0.1) is 11.3 Å². The zero-order valence-corrected chi connectivity index (χ0v) is 11.5. The number of carboxylic acids is 1. The van der Waals surface area contributed by atoms with Gasteiger partial charge in [-0.2, -0.15) is 0 Å². The second kappa shape index (κ2) is 4.68. The molecule has 18 heavy (non-hydrogen) atoms. The van der Waals surface area contributed by atoms with E-state index in [1.165, 1.54) is 11.3 Å². The lowest BCUT2D eigenvalue weighted by atomic mass is 9.87. The molecule has 6 heteroatoms. The van der Waals surface area contributed by atoms with E-state index in [1.54, 1.807) is 11.8 Å². The number of carbonyl (C=O) groups excluding carboxylic acids is 1. The van der Waals surface area contributed by atoms with Crippen LogP contribution in [0, 0.1) is 25.7 Å². The van der Waals surface area contributed by atoms with Gasteiger partial charge in [-0.25, -0.2) is 4.98 Å². The van der Waals surface area contributed by atoms with Crippen LogP contribution in [0.4, 0.5) is 0 Å². The van der Waals surface area contributed by atoms with Crippen LogP contribution in [0.1, 0.15) is 27.3 Å². The summed E-state index contributed by atoms with van der Waals surface area (Å²) >= 11 is 1.40. The van der Waals surface area contributed by atoms with E-state index in [-0.39, 0.29) is 11.8 Å². The zero-order valence-electron chi connectivity index (χ0n) is 10.6. The number of thiazole rings is 1. The third-order valence-electron chi connectivity index (χ3n) is 3.39. The van der Waals surface area contributed by atoms with E-state index in [9.17, 15) is 9.59 Å². The number of aliphatic carboxylic acids is 1. The minimum Gasteiger partial charge on any atom is -0.481 e. The van der Waals surface area contributed by atoms with Crippen molar-refractivity contribution in [1.82, 2.24) is 9.88 Å². The molecule has 1 amide bonds. The van der Waals surface area contributed by atoms with E-state index in [0.29, 0.717) is 18.0 Å². The molecular weight excluding hydrogens is 252 g/mol. The first-order valence-corrected chi connectivity index (χ1v) is 6.68. The van der Waals surface area contributed by atoms with Crippen molar-refractivity contribution in [3.8, 4) is 0 Å². The molecule has 0 saturated carbocycles. The highest BCUT2D eigenvalue weighted by Crippen LogP contribution is 2.28. The molecule has 0 spiro atoms. The maximum absolute atomic E-state index is 12.1. The maximum atomic E-state index is 12.1. The van der Waals surface area contributed by atoms with Crippen molar-refractivity contribution in [2.45, 2.75) is 20.8 Å². The maximum Gasteiger partial charge on any atom is 0.306 e. The van der Waals surface area contributed by atoms with Crippen LogP contribution < -0.4 is 0 Å². The summed E-state index contributed by atoms with van der Waals surface area (Å²) in [7, 11) is 0. The molecule has 1 N–H and O–H groups in total. The number of carbonyl (C=O) groups is 2. The molecule has 1 unspecified atom stereocenters. The Morgan fingerprint density at radius 1 is 1.44 bits per heavy atom. The molecule has 5 nitrogen and oxygen atoms in total. The van der Waals surface area contributed by atoms with Gasteiger partial charge in [-0.05, 0) is 13.8 Å². The highest BCUT2D eigenvalue weighted by atomic mass is 32.1. The van der Waals surface area contributed by atoms with Crippen molar-refractivity contribution in [2.75, 3.05) is 13.1 Å². The summed E-state index contributed by atoms with van der Waals surface area (Å²) < 4.78 is 0. The number of likely N-dealkylation sites (tertiary alicyclic amines) is 1. The third-order valence-corrected chi connectivity index (χ3v) is 4.45. The fourth-order valence-corrected chi connectivity index (χ4v) is 2.96. The molecule has 1 aliphatic rings.